The van der Waals surface area contributed by atoms with Crippen LogP contribution >= 0.6 is 0 Å². The Kier molecular flexibility index (Phi) is 4.38. The first-order valence-corrected chi connectivity index (χ1v) is 6.53. The van der Waals surface area contributed by atoms with Crippen molar-refractivity contribution in [1.82, 2.24) is 9.80 Å². The Bertz CT molecular complexity index is 208. The molecule has 1 atom stereocenters. The van der Waals surface area contributed by atoms with E-state index >= 15 is 0 Å². The van der Waals surface area contributed by atoms with Crippen LogP contribution in [0.3, 0.4) is 0 Å². The van der Waals surface area contributed by atoms with Crippen LogP contribution in [0, 0.1) is 0 Å². The highest BCUT2D eigenvalue weighted by molar-refractivity contribution is 4.91. The molecule has 1 aliphatic heterocycles. The molecule has 1 unspecified atom stereocenters. The largest absolute Gasteiger partial charge is 0.329 e. The van der Waals surface area contributed by atoms with Gasteiger partial charge in [-0.15, -0.1) is 0 Å². The molecule has 0 spiro atoms. The SMILES string of the molecule is CCC(C)(CN)N1CCN(C(C)(C)C)CC1. The van der Waals surface area contributed by atoms with Crippen molar-refractivity contribution >= 4 is 0 Å². The summed E-state index contributed by atoms with van der Waals surface area (Å²) in [5.74, 6) is 0. The van der Waals surface area contributed by atoms with Gasteiger partial charge in [0.2, 0.25) is 0 Å². The van der Waals surface area contributed by atoms with Crippen molar-refractivity contribution in [2.75, 3.05) is 32.7 Å². The number of hydrogen-bond acceptors (Lipinski definition) is 3. The summed E-state index contributed by atoms with van der Waals surface area (Å²) in [5, 5.41) is 0. The topological polar surface area (TPSA) is 32.5 Å². The van der Waals surface area contributed by atoms with Crippen LogP contribution in [-0.4, -0.2) is 53.6 Å². The summed E-state index contributed by atoms with van der Waals surface area (Å²) < 4.78 is 0. The van der Waals surface area contributed by atoms with E-state index in [1.54, 1.807) is 0 Å². The molecule has 1 aliphatic rings. The second-order valence-corrected chi connectivity index (χ2v) is 6.20. The van der Waals surface area contributed by atoms with Gasteiger partial charge in [0.15, 0.2) is 0 Å². The van der Waals surface area contributed by atoms with E-state index in [9.17, 15) is 0 Å². The normalized spacial score (nSPS) is 24.4. The fourth-order valence-electron chi connectivity index (χ4n) is 2.41. The van der Waals surface area contributed by atoms with Gasteiger partial charge in [0.1, 0.15) is 0 Å². The van der Waals surface area contributed by atoms with Gasteiger partial charge in [-0.1, -0.05) is 6.92 Å². The molecule has 0 amide bonds. The fraction of sp³-hybridized carbons (Fsp3) is 1.00. The van der Waals surface area contributed by atoms with Crippen LogP contribution in [0.25, 0.3) is 0 Å². The molecule has 16 heavy (non-hydrogen) atoms. The predicted molar refractivity (Wildman–Crippen MR) is 70.6 cm³/mol. The summed E-state index contributed by atoms with van der Waals surface area (Å²) in [6, 6.07) is 0. The zero-order chi connectivity index (χ0) is 12.4. The first-order chi connectivity index (χ1) is 7.33. The fourth-order valence-corrected chi connectivity index (χ4v) is 2.41. The molecule has 1 heterocycles. The maximum absolute atomic E-state index is 5.91. The molecule has 0 radical (unpaired) electrons. The standard InChI is InChI=1S/C13H29N3/c1-6-13(5,11-14)16-9-7-15(8-10-16)12(2,3)4/h6-11,14H2,1-5H3. The van der Waals surface area contributed by atoms with E-state index in [4.69, 9.17) is 5.73 Å². The highest BCUT2D eigenvalue weighted by Crippen LogP contribution is 2.23. The highest BCUT2D eigenvalue weighted by Gasteiger charge is 2.33. The Hall–Kier alpha value is -0.120. The molecule has 96 valence electrons. The number of hydrogen-bond donors (Lipinski definition) is 1. The Morgan fingerprint density at radius 1 is 0.938 bits per heavy atom. The van der Waals surface area contributed by atoms with E-state index in [0.717, 1.165) is 26.1 Å². The van der Waals surface area contributed by atoms with E-state index in [1.165, 1.54) is 13.1 Å². The molecular formula is C13H29N3. The summed E-state index contributed by atoms with van der Waals surface area (Å²) in [6.07, 6.45) is 1.14. The third kappa shape index (κ3) is 2.96. The zero-order valence-corrected chi connectivity index (χ0v) is 11.7. The molecule has 1 saturated heterocycles. The predicted octanol–water partition coefficient (Wildman–Crippen LogP) is 1.53. The van der Waals surface area contributed by atoms with Gasteiger partial charge in [-0.3, -0.25) is 9.80 Å². The first-order valence-electron chi connectivity index (χ1n) is 6.53. The summed E-state index contributed by atoms with van der Waals surface area (Å²) >= 11 is 0. The van der Waals surface area contributed by atoms with Gasteiger partial charge < -0.3 is 5.73 Å². The summed E-state index contributed by atoms with van der Waals surface area (Å²) in [5.41, 5.74) is 6.41. The Balaban J connectivity index is 2.55. The lowest BCUT2D eigenvalue weighted by molar-refractivity contribution is 0.00951. The van der Waals surface area contributed by atoms with E-state index in [2.05, 4.69) is 44.4 Å². The average Bonchev–Trinajstić information content (AvgIpc) is 2.27. The van der Waals surface area contributed by atoms with E-state index in [0.29, 0.717) is 5.54 Å². The van der Waals surface area contributed by atoms with Gasteiger partial charge in [-0.05, 0) is 34.1 Å². The lowest BCUT2D eigenvalue weighted by atomic mass is 9.95. The van der Waals surface area contributed by atoms with Crippen LogP contribution in [0.5, 0.6) is 0 Å². The smallest absolute Gasteiger partial charge is 0.0302 e. The second kappa shape index (κ2) is 5.03. The van der Waals surface area contributed by atoms with Crippen molar-refractivity contribution < 1.29 is 0 Å². The second-order valence-electron chi connectivity index (χ2n) is 6.20. The van der Waals surface area contributed by atoms with E-state index < -0.39 is 0 Å². The van der Waals surface area contributed by atoms with Gasteiger partial charge in [0.05, 0.1) is 0 Å². The minimum atomic E-state index is 0.198. The van der Waals surface area contributed by atoms with Crippen molar-refractivity contribution in [1.29, 1.82) is 0 Å². The molecule has 0 aliphatic carbocycles. The molecule has 0 aromatic heterocycles. The van der Waals surface area contributed by atoms with Crippen molar-refractivity contribution in [3.05, 3.63) is 0 Å². The van der Waals surface area contributed by atoms with E-state index in [1.807, 2.05) is 0 Å². The lowest BCUT2D eigenvalue weighted by Crippen LogP contribution is -2.61. The molecule has 3 nitrogen and oxygen atoms in total. The maximum atomic E-state index is 5.91. The minimum absolute atomic E-state index is 0.198. The van der Waals surface area contributed by atoms with Crippen molar-refractivity contribution in [3.8, 4) is 0 Å². The molecule has 3 heteroatoms. The van der Waals surface area contributed by atoms with Gasteiger partial charge in [-0.25, -0.2) is 0 Å². The van der Waals surface area contributed by atoms with Crippen molar-refractivity contribution in [2.45, 2.75) is 52.1 Å². The molecular weight excluding hydrogens is 198 g/mol. The quantitative estimate of drug-likeness (QED) is 0.793. The number of piperazine rings is 1. The third-order valence-corrected chi connectivity index (χ3v) is 4.19. The molecule has 1 rings (SSSR count). The third-order valence-electron chi connectivity index (χ3n) is 4.19. The van der Waals surface area contributed by atoms with Crippen LogP contribution in [0.4, 0.5) is 0 Å². The van der Waals surface area contributed by atoms with Crippen LogP contribution in [0.2, 0.25) is 0 Å². The average molecular weight is 227 g/mol. The Morgan fingerprint density at radius 2 is 1.38 bits per heavy atom. The number of rotatable bonds is 3. The van der Waals surface area contributed by atoms with Gasteiger partial charge in [0, 0.05) is 43.8 Å². The first kappa shape index (κ1) is 13.9. The zero-order valence-electron chi connectivity index (χ0n) is 11.7. The molecule has 0 saturated carbocycles. The Morgan fingerprint density at radius 3 is 1.69 bits per heavy atom. The van der Waals surface area contributed by atoms with Crippen molar-refractivity contribution in [2.24, 2.45) is 5.73 Å². The maximum Gasteiger partial charge on any atom is 0.0302 e. The summed E-state index contributed by atoms with van der Waals surface area (Å²) in [7, 11) is 0. The highest BCUT2D eigenvalue weighted by atomic mass is 15.3. The number of nitrogens with two attached hydrogens (primary N) is 1. The van der Waals surface area contributed by atoms with Gasteiger partial charge in [-0.2, -0.15) is 0 Å². The van der Waals surface area contributed by atoms with Crippen molar-refractivity contribution in [3.63, 3.8) is 0 Å². The number of nitrogens with zero attached hydrogens (tertiary/aromatic N) is 2. The minimum Gasteiger partial charge on any atom is -0.329 e. The van der Waals surface area contributed by atoms with Crippen LogP contribution in [0.1, 0.15) is 41.0 Å². The van der Waals surface area contributed by atoms with Gasteiger partial charge in [0.25, 0.3) is 0 Å². The van der Waals surface area contributed by atoms with Crippen LogP contribution in [-0.2, 0) is 0 Å². The molecule has 0 aromatic carbocycles. The molecule has 0 aromatic rings. The van der Waals surface area contributed by atoms with E-state index in [-0.39, 0.29) is 5.54 Å². The molecule has 2 N–H and O–H groups in total. The van der Waals surface area contributed by atoms with Crippen LogP contribution in [0.15, 0.2) is 0 Å². The lowest BCUT2D eigenvalue weighted by Gasteiger charge is -2.48. The Labute approximate surface area is 101 Å². The summed E-state index contributed by atoms with van der Waals surface area (Å²) in [6.45, 7) is 16.8. The molecule has 0 bridgehead atoms. The summed E-state index contributed by atoms with van der Waals surface area (Å²) in [4.78, 5) is 5.13. The molecule has 1 fully saturated rings. The van der Waals surface area contributed by atoms with Gasteiger partial charge >= 0.3 is 0 Å². The monoisotopic (exact) mass is 227 g/mol. The van der Waals surface area contributed by atoms with Crippen LogP contribution < -0.4 is 5.73 Å².